The van der Waals surface area contributed by atoms with E-state index in [0.29, 0.717) is 17.8 Å². The van der Waals surface area contributed by atoms with Gasteiger partial charge < -0.3 is 11.1 Å². The Kier molecular flexibility index (Phi) is 3.58. The van der Waals surface area contributed by atoms with Gasteiger partial charge in [-0.1, -0.05) is 32.9 Å². The summed E-state index contributed by atoms with van der Waals surface area (Å²) in [5, 5.41) is 2.89. The Bertz CT molecular complexity index is 391. The summed E-state index contributed by atoms with van der Waals surface area (Å²) in [6, 6.07) is 5.49. The van der Waals surface area contributed by atoms with E-state index in [-0.39, 0.29) is 11.3 Å². The van der Waals surface area contributed by atoms with E-state index in [1.807, 2.05) is 19.1 Å². The van der Waals surface area contributed by atoms with Crippen molar-refractivity contribution in [3.05, 3.63) is 29.3 Å². The molecule has 0 radical (unpaired) electrons. The standard InChI is InChI=1S/C13H20N2O/c1-9-6-5-7-10(11(9)14)12(16)15-8-13(2,3)4/h5-7H,8,14H2,1-4H3,(H,15,16). The number of nitrogens with two attached hydrogens (primary N) is 1. The fourth-order valence-corrected chi connectivity index (χ4v) is 1.32. The highest BCUT2D eigenvalue weighted by Crippen LogP contribution is 2.17. The Morgan fingerprint density at radius 2 is 2.00 bits per heavy atom. The molecule has 3 nitrogen and oxygen atoms in total. The summed E-state index contributed by atoms with van der Waals surface area (Å²) in [5.41, 5.74) is 8.00. The molecule has 16 heavy (non-hydrogen) atoms. The van der Waals surface area contributed by atoms with Crippen molar-refractivity contribution in [3.8, 4) is 0 Å². The van der Waals surface area contributed by atoms with Gasteiger partial charge in [-0.25, -0.2) is 0 Å². The van der Waals surface area contributed by atoms with Gasteiger partial charge in [0.05, 0.1) is 5.56 Å². The highest BCUT2D eigenvalue weighted by molar-refractivity contribution is 5.99. The van der Waals surface area contributed by atoms with Crippen LogP contribution in [0.4, 0.5) is 5.69 Å². The zero-order valence-electron chi connectivity index (χ0n) is 10.4. The van der Waals surface area contributed by atoms with E-state index < -0.39 is 0 Å². The summed E-state index contributed by atoms with van der Waals surface area (Å²) in [7, 11) is 0. The zero-order valence-corrected chi connectivity index (χ0v) is 10.4. The van der Waals surface area contributed by atoms with Crippen molar-refractivity contribution in [2.24, 2.45) is 5.41 Å². The molecule has 0 bridgehead atoms. The highest BCUT2D eigenvalue weighted by atomic mass is 16.1. The smallest absolute Gasteiger partial charge is 0.253 e. The van der Waals surface area contributed by atoms with E-state index in [2.05, 4.69) is 26.1 Å². The maximum absolute atomic E-state index is 11.9. The normalized spacial score (nSPS) is 11.2. The van der Waals surface area contributed by atoms with Gasteiger partial charge in [-0.05, 0) is 24.0 Å². The van der Waals surface area contributed by atoms with Gasteiger partial charge in [-0.3, -0.25) is 4.79 Å². The van der Waals surface area contributed by atoms with Gasteiger partial charge >= 0.3 is 0 Å². The number of carbonyl (C=O) groups is 1. The summed E-state index contributed by atoms with van der Waals surface area (Å²) in [5.74, 6) is -0.101. The number of amides is 1. The van der Waals surface area contributed by atoms with Gasteiger partial charge in [0.1, 0.15) is 0 Å². The average molecular weight is 220 g/mol. The van der Waals surface area contributed by atoms with Crippen molar-refractivity contribution < 1.29 is 4.79 Å². The van der Waals surface area contributed by atoms with E-state index in [1.165, 1.54) is 0 Å². The molecule has 1 aromatic carbocycles. The largest absolute Gasteiger partial charge is 0.398 e. The molecule has 0 saturated heterocycles. The molecule has 0 aliphatic heterocycles. The molecule has 1 amide bonds. The minimum Gasteiger partial charge on any atom is -0.398 e. The number of anilines is 1. The molecule has 0 saturated carbocycles. The summed E-state index contributed by atoms with van der Waals surface area (Å²) in [6.07, 6.45) is 0. The number of nitrogens with one attached hydrogen (secondary N) is 1. The lowest BCUT2D eigenvalue weighted by molar-refractivity contribution is 0.0940. The third-order valence-corrected chi connectivity index (χ3v) is 2.35. The second-order valence-corrected chi connectivity index (χ2v) is 5.28. The van der Waals surface area contributed by atoms with Crippen molar-refractivity contribution >= 4 is 11.6 Å². The fraction of sp³-hybridized carbons (Fsp3) is 0.462. The molecule has 88 valence electrons. The van der Waals surface area contributed by atoms with Crippen molar-refractivity contribution in [2.75, 3.05) is 12.3 Å². The Hall–Kier alpha value is -1.51. The second kappa shape index (κ2) is 4.56. The number of nitrogen functional groups attached to an aromatic ring is 1. The molecule has 3 heteroatoms. The lowest BCUT2D eigenvalue weighted by Gasteiger charge is -2.19. The quantitative estimate of drug-likeness (QED) is 0.752. The van der Waals surface area contributed by atoms with Crippen LogP contribution in [0.1, 0.15) is 36.7 Å². The molecule has 0 aliphatic carbocycles. The molecule has 0 heterocycles. The molecule has 1 aromatic rings. The molecular formula is C13H20N2O. The Labute approximate surface area is 97.0 Å². The summed E-state index contributed by atoms with van der Waals surface area (Å²) >= 11 is 0. The minimum atomic E-state index is -0.101. The highest BCUT2D eigenvalue weighted by Gasteiger charge is 2.15. The lowest BCUT2D eigenvalue weighted by Crippen LogP contribution is -2.32. The number of rotatable bonds is 2. The summed E-state index contributed by atoms with van der Waals surface area (Å²) < 4.78 is 0. The first-order chi connectivity index (χ1) is 7.31. The number of para-hydroxylation sites is 1. The van der Waals surface area contributed by atoms with Crippen molar-refractivity contribution in [1.82, 2.24) is 5.32 Å². The van der Waals surface area contributed by atoms with Crippen LogP contribution in [-0.4, -0.2) is 12.5 Å². The summed E-state index contributed by atoms with van der Waals surface area (Å²) in [6.45, 7) is 8.77. The van der Waals surface area contributed by atoms with Crippen LogP contribution in [0.2, 0.25) is 0 Å². The maximum Gasteiger partial charge on any atom is 0.253 e. The molecule has 0 aliphatic rings. The first-order valence-electron chi connectivity index (χ1n) is 5.44. The van der Waals surface area contributed by atoms with Crippen LogP contribution in [0.5, 0.6) is 0 Å². The van der Waals surface area contributed by atoms with Crippen molar-refractivity contribution in [3.63, 3.8) is 0 Å². The van der Waals surface area contributed by atoms with Crippen LogP contribution in [0.25, 0.3) is 0 Å². The van der Waals surface area contributed by atoms with Gasteiger partial charge in [-0.15, -0.1) is 0 Å². The third-order valence-electron chi connectivity index (χ3n) is 2.35. The first kappa shape index (κ1) is 12.6. The monoisotopic (exact) mass is 220 g/mol. The SMILES string of the molecule is Cc1cccc(C(=O)NCC(C)(C)C)c1N. The molecule has 0 atom stereocenters. The molecule has 0 aromatic heterocycles. The van der Waals surface area contributed by atoms with Crippen LogP contribution in [0.15, 0.2) is 18.2 Å². The van der Waals surface area contributed by atoms with Gasteiger partial charge in [0.15, 0.2) is 0 Å². The Morgan fingerprint density at radius 1 is 1.38 bits per heavy atom. The number of benzene rings is 1. The van der Waals surface area contributed by atoms with Crippen LogP contribution in [0, 0.1) is 12.3 Å². The molecule has 0 fully saturated rings. The van der Waals surface area contributed by atoms with Gasteiger partial charge in [0.25, 0.3) is 5.91 Å². The van der Waals surface area contributed by atoms with Crippen molar-refractivity contribution in [2.45, 2.75) is 27.7 Å². The third kappa shape index (κ3) is 3.26. The van der Waals surface area contributed by atoms with E-state index in [9.17, 15) is 4.79 Å². The average Bonchev–Trinajstić information content (AvgIpc) is 2.17. The van der Waals surface area contributed by atoms with Crippen LogP contribution in [-0.2, 0) is 0 Å². The number of hydrogen-bond donors (Lipinski definition) is 2. The molecule has 0 spiro atoms. The number of hydrogen-bond acceptors (Lipinski definition) is 2. The van der Waals surface area contributed by atoms with Crippen LogP contribution in [0.3, 0.4) is 0 Å². The Morgan fingerprint density at radius 3 is 2.56 bits per heavy atom. The van der Waals surface area contributed by atoms with E-state index in [0.717, 1.165) is 5.56 Å². The molecule has 3 N–H and O–H groups in total. The zero-order chi connectivity index (χ0) is 12.3. The number of carbonyl (C=O) groups excluding carboxylic acids is 1. The van der Waals surface area contributed by atoms with Gasteiger partial charge in [0, 0.05) is 12.2 Å². The Balaban J connectivity index is 2.78. The van der Waals surface area contributed by atoms with Gasteiger partial charge in [-0.2, -0.15) is 0 Å². The lowest BCUT2D eigenvalue weighted by atomic mass is 9.97. The second-order valence-electron chi connectivity index (χ2n) is 5.28. The molecular weight excluding hydrogens is 200 g/mol. The van der Waals surface area contributed by atoms with Crippen LogP contribution >= 0.6 is 0 Å². The predicted octanol–water partition coefficient (Wildman–Crippen LogP) is 2.35. The topological polar surface area (TPSA) is 55.1 Å². The van der Waals surface area contributed by atoms with E-state index in [4.69, 9.17) is 5.73 Å². The van der Waals surface area contributed by atoms with Crippen LogP contribution < -0.4 is 11.1 Å². The summed E-state index contributed by atoms with van der Waals surface area (Å²) in [4.78, 5) is 11.9. The maximum atomic E-state index is 11.9. The van der Waals surface area contributed by atoms with Gasteiger partial charge in [0.2, 0.25) is 0 Å². The predicted molar refractivity (Wildman–Crippen MR) is 67.4 cm³/mol. The number of aryl methyl sites for hydroxylation is 1. The van der Waals surface area contributed by atoms with E-state index in [1.54, 1.807) is 6.07 Å². The first-order valence-corrected chi connectivity index (χ1v) is 5.44. The minimum absolute atomic E-state index is 0.0776. The van der Waals surface area contributed by atoms with Crippen molar-refractivity contribution in [1.29, 1.82) is 0 Å². The molecule has 0 unspecified atom stereocenters. The fourth-order valence-electron chi connectivity index (χ4n) is 1.32. The van der Waals surface area contributed by atoms with E-state index >= 15 is 0 Å². The molecule has 1 rings (SSSR count).